The molecule has 0 radical (unpaired) electrons. The number of fused-ring (bicyclic) bond motifs is 1. The Morgan fingerprint density at radius 3 is 2.69 bits per heavy atom. The van der Waals surface area contributed by atoms with E-state index in [1.807, 2.05) is 42.5 Å². The molecule has 2 aliphatic heterocycles. The zero-order chi connectivity index (χ0) is 20.0. The van der Waals surface area contributed by atoms with Crippen LogP contribution < -0.4 is 19.5 Å². The highest BCUT2D eigenvalue weighted by atomic mass is 16.7. The molecule has 1 aliphatic carbocycles. The number of ether oxygens (including phenoxy) is 3. The van der Waals surface area contributed by atoms with E-state index in [4.69, 9.17) is 14.2 Å². The molecule has 148 valence electrons. The number of benzene rings is 2. The van der Waals surface area contributed by atoms with E-state index >= 15 is 0 Å². The van der Waals surface area contributed by atoms with Crippen LogP contribution in [0.3, 0.4) is 0 Å². The van der Waals surface area contributed by atoms with E-state index in [0.29, 0.717) is 24.3 Å². The molecule has 2 aromatic carbocycles. The van der Waals surface area contributed by atoms with Gasteiger partial charge in [0.1, 0.15) is 5.75 Å². The Morgan fingerprint density at radius 1 is 0.966 bits per heavy atom. The molecule has 6 nitrogen and oxygen atoms in total. The van der Waals surface area contributed by atoms with Gasteiger partial charge in [-0.15, -0.1) is 0 Å². The summed E-state index contributed by atoms with van der Waals surface area (Å²) >= 11 is 0. The number of methoxy groups -OCH3 is 1. The highest BCUT2D eigenvalue weighted by Gasteiger charge is 2.38. The van der Waals surface area contributed by atoms with Crippen LogP contribution in [0.5, 0.6) is 17.2 Å². The number of hydrogen-bond donors (Lipinski definition) is 1. The third-order valence-electron chi connectivity index (χ3n) is 5.90. The van der Waals surface area contributed by atoms with Gasteiger partial charge in [-0.05, 0) is 47.7 Å². The van der Waals surface area contributed by atoms with E-state index in [2.05, 4.69) is 5.32 Å². The van der Waals surface area contributed by atoms with Crippen molar-refractivity contribution in [2.45, 2.75) is 31.1 Å². The average molecular weight is 391 g/mol. The normalized spacial score (nSPS) is 22.9. The Bertz CT molecular complexity index is 1040. The summed E-state index contributed by atoms with van der Waals surface area (Å²) in [7, 11) is 1.63. The molecule has 0 bridgehead atoms. The molecule has 2 atom stereocenters. The first-order valence-corrected chi connectivity index (χ1v) is 9.72. The molecule has 0 spiro atoms. The molecule has 0 fully saturated rings. The number of amides is 1. The Hall–Kier alpha value is -3.28. The predicted octanol–water partition coefficient (Wildman–Crippen LogP) is 3.43. The first-order chi connectivity index (χ1) is 14.1. The number of hydrogen-bond acceptors (Lipinski definition) is 5. The van der Waals surface area contributed by atoms with Gasteiger partial charge in [-0.2, -0.15) is 0 Å². The SMILES string of the molecule is COc1cccc([C@@H]2CC(=O)C3=C(C2)NC(=O)C[C@@H]3c2ccc3c(c2)OCO3)c1. The van der Waals surface area contributed by atoms with Gasteiger partial charge in [0.15, 0.2) is 17.3 Å². The number of ketones is 1. The lowest BCUT2D eigenvalue weighted by Crippen LogP contribution is -2.38. The quantitative estimate of drug-likeness (QED) is 0.868. The van der Waals surface area contributed by atoms with Crippen LogP contribution in [0, 0.1) is 0 Å². The Balaban J connectivity index is 1.50. The van der Waals surface area contributed by atoms with Gasteiger partial charge in [0, 0.05) is 30.0 Å². The van der Waals surface area contributed by atoms with Gasteiger partial charge in [0.25, 0.3) is 0 Å². The van der Waals surface area contributed by atoms with Crippen LogP contribution in [-0.4, -0.2) is 25.6 Å². The molecule has 1 N–H and O–H groups in total. The molecule has 0 aromatic heterocycles. The summed E-state index contributed by atoms with van der Waals surface area (Å²) < 4.78 is 16.2. The van der Waals surface area contributed by atoms with E-state index in [0.717, 1.165) is 28.1 Å². The molecule has 2 heterocycles. The Kier molecular flexibility index (Phi) is 4.27. The van der Waals surface area contributed by atoms with Crippen molar-refractivity contribution in [1.82, 2.24) is 5.32 Å². The number of carbonyl (C=O) groups is 2. The Labute approximate surface area is 168 Å². The monoisotopic (exact) mass is 391 g/mol. The smallest absolute Gasteiger partial charge is 0.231 e. The molecule has 0 unspecified atom stereocenters. The fourth-order valence-electron chi connectivity index (χ4n) is 4.51. The predicted molar refractivity (Wildman–Crippen MR) is 105 cm³/mol. The molecular weight excluding hydrogens is 370 g/mol. The lowest BCUT2D eigenvalue weighted by Gasteiger charge is -2.34. The van der Waals surface area contributed by atoms with Gasteiger partial charge in [0.05, 0.1) is 7.11 Å². The molecule has 0 saturated heterocycles. The summed E-state index contributed by atoms with van der Waals surface area (Å²) in [4.78, 5) is 25.6. The summed E-state index contributed by atoms with van der Waals surface area (Å²) in [5, 5.41) is 2.96. The number of allylic oxidation sites excluding steroid dienone is 2. The van der Waals surface area contributed by atoms with Crippen molar-refractivity contribution < 1.29 is 23.8 Å². The van der Waals surface area contributed by atoms with Gasteiger partial charge >= 0.3 is 0 Å². The fourth-order valence-corrected chi connectivity index (χ4v) is 4.51. The van der Waals surface area contributed by atoms with Crippen LogP contribution in [0.1, 0.15) is 42.2 Å². The highest BCUT2D eigenvalue weighted by Crippen LogP contribution is 2.44. The number of rotatable bonds is 3. The van der Waals surface area contributed by atoms with Gasteiger partial charge in [-0.3, -0.25) is 9.59 Å². The van der Waals surface area contributed by atoms with Gasteiger partial charge in [0.2, 0.25) is 12.7 Å². The third kappa shape index (κ3) is 3.14. The fraction of sp³-hybridized carbons (Fsp3) is 0.304. The number of nitrogens with one attached hydrogen (secondary N) is 1. The topological polar surface area (TPSA) is 73.9 Å². The van der Waals surface area contributed by atoms with Crippen LogP contribution in [0.4, 0.5) is 0 Å². The lowest BCUT2D eigenvalue weighted by molar-refractivity contribution is -0.122. The summed E-state index contributed by atoms with van der Waals surface area (Å²) in [6.45, 7) is 0.193. The molecule has 29 heavy (non-hydrogen) atoms. The van der Waals surface area contributed by atoms with Gasteiger partial charge < -0.3 is 19.5 Å². The summed E-state index contributed by atoms with van der Waals surface area (Å²) in [5.41, 5.74) is 3.42. The van der Waals surface area contributed by atoms with E-state index < -0.39 is 0 Å². The van der Waals surface area contributed by atoms with Crippen LogP contribution in [0.25, 0.3) is 0 Å². The van der Waals surface area contributed by atoms with Crippen LogP contribution in [-0.2, 0) is 9.59 Å². The molecule has 1 amide bonds. The van der Waals surface area contributed by atoms with Crippen LogP contribution in [0.2, 0.25) is 0 Å². The first kappa shape index (κ1) is 17.8. The second-order valence-corrected chi connectivity index (χ2v) is 7.61. The first-order valence-electron chi connectivity index (χ1n) is 9.72. The number of Topliss-reactive ketones (excluding diaryl/α,β-unsaturated/α-hetero) is 1. The third-order valence-corrected chi connectivity index (χ3v) is 5.90. The maximum Gasteiger partial charge on any atom is 0.231 e. The minimum atomic E-state index is -0.257. The second kappa shape index (κ2) is 6.95. The zero-order valence-electron chi connectivity index (χ0n) is 16.1. The van der Waals surface area contributed by atoms with E-state index in [1.54, 1.807) is 7.11 Å². The summed E-state index contributed by atoms with van der Waals surface area (Å²) in [5.74, 6) is 1.90. The van der Waals surface area contributed by atoms with Crippen molar-refractivity contribution in [2.75, 3.05) is 13.9 Å². The maximum atomic E-state index is 13.2. The van der Waals surface area contributed by atoms with Crippen molar-refractivity contribution in [3.8, 4) is 17.2 Å². The van der Waals surface area contributed by atoms with E-state index in [9.17, 15) is 9.59 Å². The zero-order valence-corrected chi connectivity index (χ0v) is 16.1. The second-order valence-electron chi connectivity index (χ2n) is 7.61. The highest BCUT2D eigenvalue weighted by molar-refractivity contribution is 6.02. The van der Waals surface area contributed by atoms with Crippen LogP contribution >= 0.6 is 0 Å². The van der Waals surface area contributed by atoms with E-state index in [-0.39, 0.29) is 36.7 Å². The van der Waals surface area contributed by atoms with Crippen molar-refractivity contribution in [1.29, 1.82) is 0 Å². The number of carbonyl (C=O) groups excluding carboxylic acids is 2. The van der Waals surface area contributed by atoms with Crippen molar-refractivity contribution in [3.05, 3.63) is 64.9 Å². The molecule has 5 rings (SSSR count). The molecule has 6 heteroatoms. The maximum absolute atomic E-state index is 13.2. The minimum absolute atomic E-state index is 0.0205. The molecule has 0 saturated carbocycles. The molecular formula is C23H21NO5. The largest absolute Gasteiger partial charge is 0.497 e. The lowest BCUT2D eigenvalue weighted by atomic mass is 9.73. The van der Waals surface area contributed by atoms with E-state index in [1.165, 1.54) is 0 Å². The standard InChI is InChI=1S/C23H21NO5/c1-27-16-4-2-3-13(7-16)15-8-18-23(19(25)9-15)17(11-22(26)24-18)14-5-6-20-21(10-14)29-12-28-20/h2-7,10,15,17H,8-9,11-12H2,1H3,(H,24,26)/t15-,17+/m0/s1. The van der Waals surface area contributed by atoms with Crippen molar-refractivity contribution in [2.24, 2.45) is 0 Å². The van der Waals surface area contributed by atoms with Gasteiger partial charge in [-0.25, -0.2) is 0 Å². The summed E-state index contributed by atoms with van der Waals surface area (Å²) in [6, 6.07) is 13.4. The molecule has 3 aliphatic rings. The Morgan fingerprint density at radius 2 is 1.83 bits per heavy atom. The van der Waals surface area contributed by atoms with Crippen molar-refractivity contribution in [3.63, 3.8) is 0 Å². The minimum Gasteiger partial charge on any atom is -0.497 e. The van der Waals surface area contributed by atoms with Gasteiger partial charge in [-0.1, -0.05) is 18.2 Å². The average Bonchev–Trinajstić information content (AvgIpc) is 3.20. The molecule has 2 aromatic rings. The van der Waals surface area contributed by atoms with Crippen LogP contribution in [0.15, 0.2) is 53.7 Å². The summed E-state index contributed by atoms with van der Waals surface area (Å²) in [6.07, 6.45) is 1.30. The van der Waals surface area contributed by atoms with Crippen molar-refractivity contribution >= 4 is 11.7 Å².